The monoisotopic (exact) mass is 276 g/mol. The number of fused-ring (bicyclic) bond motifs is 1. The largest absolute Gasteiger partial charge is 0.474 e. The fourth-order valence-corrected chi connectivity index (χ4v) is 2.42. The number of aliphatic hydroxyl groups excluding tert-OH is 1. The minimum absolute atomic E-state index is 0.170. The zero-order valence-corrected chi connectivity index (χ0v) is 12.1. The Hall–Kier alpha value is -1.64. The number of quaternary nitrogens is 1. The predicted octanol–water partition coefficient (Wildman–Crippen LogP) is 0.153. The molecule has 1 heterocycles. The number of nitrogens with zero attached hydrogens (tertiary/aromatic N) is 2. The molecule has 0 aliphatic heterocycles. The van der Waals surface area contributed by atoms with Crippen LogP contribution in [0.25, 0.3) is 0 Å². The van der Waals surface area contributed by atoms with Crippen molar-refractivity contribution in [1.29, 1.82) is 5.26 Å². The number of aliphatic hydroxyl groups is 1. The molecule has 0 unspecified atom stereocenters. The van der Waals surface area contributed by atoms with E-state index in [1.807, 2.05) is 0 Å². The van der Waals surface area contributed by atoms with Crippen molar-refractivity contribution in [3.05, 3.63) is 22.9 Å². The molecule has 0 radical (unpaired) electrons. The van der Waals surface area contributed by atoms with Gasteiger partial charge in [0.1, 0.15) is 30.9 Å². The Morgan fingerprint density at radius 1 is 1.50 bits per heavy atom. The molecule has 0 bridgehead atoms. The van der Waals surface area contributed by atoms with E-state index in [2.05, 4.69) is 30.2 Å². The van der Waals surface area contributed by atoms with E-state index in [0.717, 1.165) is 30.4 Å². The van der Waals surface area contributed by atoms with Gasteiger partial charge in [-0.15, -0.1) is 0 Å². The fourth-order valence-electron chi connectivity index (χ4n) is 2.42. The van der Waals surface area contributed by atoms with Crippen LogP contribution in [0.2, 0.25) is 0 Å². The number of rotatable bonds is 6. The van der Waals surface area contributed by atoms with Crippen molar-refractivity contribution in [2.24, 2.45) is 0 Å². The van der Waals surface area contributed by atoms with Gasteiger partial charge in [-0.25, -0.2) is 4.98 Å². The van der Waals surface area contributed by atoms with E-state index in [9.17, 15) is 10.4 Å². The van der Waals surface area contributed by atoms with Gasteiger partial charge in [0.15, 0.2) is 0 Å². The zero-order valence-electron chi connectivity index (χ0n) is 12.1. The maximum Gasteiger partial charge on any atom is 0.232 e. The van der Waals surface area contributed by atoms with E-state index in [0.29, 0.717) is 24.0 Å². The molecular formula is C15H22N3O2+. The quantitative estimate of drug-likeness (QED) is 0.775. The van der Waals surface area contributed by atoms with Crippen molar-refractivity contribution >= 4 is 0 Å². The molecule has 0 amide bonds. The average Bonchev–Trinajstić information content (AvgIpc) is 2.90. The topological polar surface area (TPSA) is 82.8 Å². The molecular weight excluding hydrogens is 254 g/mol. The number of nitrogens with two attached hydrogens (primary N) is 1. The summed E-state index contributed by atoms with van der Waals surface area (Å²) in [6, 6.07) is 2.64. The molecule has 1 aliphatic rings. The first-order chi connectivity index (χ1) is 9.61. The lowest BCUT2D eigenvalue weighted by atomic mass is 10.1. The summed E-state index contributed by atoms with van der Waals surface area (Å²) >= 11 is 0. The van der Waals surface area contributed by atoms with Gasteiger partial charge in [0.05, 0.1) is 6.04 Å². The molecule has 5 nitrogen and oxygen atoms in total. The number of aryl methyl sites for hydroxylation is 1. The molecule has 0 spiro atoms. The van der Waals surface area contributed by atoms with Gasteiger partial charge in [-0.2, -0.15) is 5.26 Å². The van der Waals surface area contributed by atoms with Crippen LogP contribution < -0.4 is 10.1 Å². The molecule has 5 heteroatoms. The standard InChI is InChI=1S/C15H21N3O2/c1-10(2)17-8-12(19)9-20-15-14(6-16)13-5-3-4-11(13)7-18-15/h7,10,12,17,19H,3-5,8-9H2,1-2H3/p+1/t12-/m1/s1. The normalized spacial score (nSPS) is 14.9. The first kappa shape index (κ1) is 14.8. The van der Waals surface area contributed by atoms with E-state index in [4.69, 9.17) is 4.74 Å². The summed E-state index contributed by atoms with van der Waals surface area (Å²) in [4.78, 5) is 4.22. The third-order valence-corrected chi connectivity index (χ3v) is 3.52. The van der Waals surface area contributed by atoms with E-state index in [1.54, 1.807) is 6.20 Å². The Kier molecular flexibility index (Phi) is 4.94. The first-order valence-electron chi connectivity index (χ1n) is 7.16. The van der Waals surface area contributed by atoms with Gasteiger partial charge < -0.3 is 15.2 Å². The molecule has 0 saturated carbocycles. The summed E-state index contributed by atoms with van der Waals surface area (Å²) in [7, 11) is 0. The van der Waals surface area contributed by atoms with Gasteiger partial charge in [-0.05, 0) is 44.2 Å². The van der Waals surface area contributed by atoms with Crippen molar-refractivity contribution in [1.82, 2.24) is 4.98 Å². The van der Waals surface area contributed by atoms with Crippen LogP contribution in [0.1, 0.15) is 37.0 Å². The van der Waals surface area contributed by atoms with Crippen molar-refractivity contribution in [2.75, 3.05) is 13.2 Å². The SMILES string of the molecule is CC(C)[NH2+]C[C@@H](O)COc1ncc2c(c1C#N)CCC2. The van der Waals surface area contributed by atoms with Crippen LogP contribution >= 0.6 is 0 Å². The lowest BCUT2D eigenvalue weighted by molar-refractivity contribution is -0.688. The third-order valence-electron chi connectivity index (χ3n) is 3.52. The second-order valence-corrected chi connectivity index (χ2v) is 5.59. The molecule has 1 aromatic rings. The molecule has 108 valence electrons. The van der Waals surface area contributed by atoms with Crippen LogP contribution in [0.4, 0.5) is 0 Å². The van der Waals surface area contributed by atoms with Crippen LogP contribution in [0, 0.1) is 11.3 Å². The van der Waals surface area contributed by atoms with E-state index in [-0.39, 0.29) is 6.61 Å². The van der Waals surface area contributed by atoms with Crippen LogP contribution in [0.3, 0.4) is 0 Å². The zero-order chi connectivity index (χ0) is 14.5. The number of hydrogen-bond acceptors (Lipinski definition) is 4. The average molecular weight is 276 g/mol. The van der Waals surface area contributed by atoms with Crippen molar-refractivity contribution in [3.63, 3.8) is 0 Å². The minimum Gasteiger partial charge on any atom is -0.474 e. The molecule has 1 atom stereocenters. The Morgan fingerprint density at radius 3 is 3.00 bits per heavy atom. The second-order valence-electron chi connectivity index (χ2n) is 5.59. The smallest absolute Gasteiger partial charge is 0.232 e. The van der Waals surface area contributed by atoms with Crippen LogP contribution in [-0.2, 0) is 12.8 Å². The lowest BCUT2D eigenvalue weighted by Crippen LogP contribution is -2.90. The summed E-state index contributed by atoms with van der Waals surface area (Å²) in [6.07, 6.45) is 4.22. The van der Waals surface area contributed by atoms with Gasteiger partial charge in [-0.3, -0.25) is 0 Å². The Bertz CT molecular complexity index is 509. The highest BCUT2D eigenvalue weighted by Gasteiger charge is 2.20. The highest BCUT2D eigenvalue weighted by molar-refractivity contribution is 5.49. The van der Waals surface area contributed by atoms with E-state index in [1.165, 1.54) is 0 Å². The molecule has 0 saturated heterocycles. The van der Waals surface area contributed by atoms with Gasteiger partial charge in [0.2, 0.25) is 5.88 Å². The fraction of sp³-hybridized carbons (Fsp3) is 0.600. The number of pyridine rings is 1. The number of ether oxygens (including phenoxy) is 1. The Labute approximate surface area is 119 Å². The molecule has 20 heavy (non-hydrogen) atoms. The summed E-state index contributed by atoms with van der Waals surface area (Å²) < 4.78 is 5.54. The summed E-state index contributed by atoms with van der Waals surface area (Å²) in [5.41, 5.74) is 2.77. The highest BCUT2D eigenvalue weighted by Crippen LogP contribution is 2.29. The molecule has 0 aromatic carbocycles. The maximum atomic E-state index is 9.85. The molecule has 2 rings (SSSR count). The molecule has 1 aromatic heterocycles. The van der Waals surface area contributed by atoms with E-state index >= 15 is 0 Å². The Balaban J connectivity index is 1.98. The molecule has 0 fully saturated rings. The summed E-state index contributed by atoms with van der Waals surface area (Å²) in [5, 5.41) is 21.2. The lowest BCUT2D eigenvalue weighted by Gasteiger charge is -2.14. The van der Waals surface area contributed by atoms with Gasteiger partial charge >= 0.3 is 0 Å². The summed E-state index contributed by atoms with van der Waals surface area (Å²) in [6.45, 7) is 4.90. The van der Waals surface area contributed by atoms with Gasteiger partial charge in [0.25, 0.3) is 0 Å². The van der Waals surface area contributed by atoms with E-state index < -0.39 is 6.10 Å². The van der Waals surface area contributed by atoms with Crippen LogP contribution in [-0.4, -0.2) is 35.4 Å². The first-order valence-corrected chi connectivity index (χ1v) is 7.16. The summed E-state index contributed by atoms with van der Waals surface area (Å²) in [5.74, 6) is 0.358. The molecule has 3 N–H and O–H groups in total. The predicted molar refractivity (Wildman–Crippen MR) is 74.4 cm³/mol. The van der Waals surface area contributed by atoms with Crippen LogP contribution in [0.5, 0.6) is 5.88 Å². The third kappa shape index (κ3) is 3.47. The van der Waals surface area contributed by atoms with Gasteiger partial charge in [0, 0.05) is 6.20 Å². The van der Waals surface area contributed by atoms with Crippen molar-refractivity contribution in [2.45, 2.75) is 45.3 Å². The number of nitriles is 1. The van der Waals surface area contributed by atoms with Crippen molar-refractivity contribution in [3.8, 4) is 11.9 Å². The molecule has 1 aliphatic carbocycles. The van der Waals surface area contributed by atoms with Crippen LogP contribution in [0.15, 0.2) is 6.20 Å². The van der Waals surface area contributed by atoms with Gasteiger partial charge in [-0.1, -0.05) is 0 Å². The number of aromatic nitrogens is 1. The van der Waals surface area contributed by atoms with Crippen molar-refractivity contribution < 1.29 is 15.2 Å². The second kappa shape index (κ2) is 6.69. The minimum atomic E-state index is -0.556. The Morgan fingerprint density at radius 2 is 2.30 bits per heavy atom. The maximum absolute atomic E-state index is 9.85. The highest BCUT2D eigenvalue weighted by atomic mass is 16.5. The number of hydrogen-bond donors (Lipinski definition) is 2.